The Morgan fingerprint density at radius 3 is 2.35 bits per heavy atom. The number of amides is 1. The molecule has 0 atom stereocenters. The maximum Gasteiger partial charge on any atom is 0.253 e. The Morgan fingerprint density at radius 1 is 1.09 bits per heavy atom. The standard InChI is InChI=1S/C17H20N2O3S/c1-13-9-10-15(17(20)19(2)3)11-16(13)23(21,22)18-12-14-7-5-4-6-8-14/h4-11,18H,12H2,1-3H3. The van der Waals surface area contributed by atoms with E-state index in [9.17, 15) is 13.2 Å². The molecule has 0 spiro atoms. The lowest BCUT2D eigenvalue weighted by atomic mass is 10.1. The first kappa shape index (κ1) is 17.2. The zero-order valence-electron chi connectivity index (χ0n) is 13.4. The molecule has 1 N–H and O–H groups in total. The van der Waals surface area contributed by atoms with Gasteiger partial charge in [0.2, 0.25) is 10.0 Å². The summed E-state index contributed by atoms with van der Waals surface area (Å²) in [6.45, 7) is 1.91. The Bertz CT molecular complexity index is 800. The Hall–Kier alpha value is -2.18. The molecule has 5 nitrogen and oxygen atoms in total. The number of hydrogen-bond acceptors (Lipinski definition) is 3. The number of hydrogen-bond donors (Lipinski definition) is 1. The fraction of sp³-hybridized carbons (Fsp3) is 0.235. The van der Waals surface area contributed by atoms with E-state index < -0.39 is 10.0 Å². The van der Waals surface area contributed by atoms with Crippen molar-refractivity contribution in [1.82, 2.24) is 9.62 Å². The fourth-order valence-corrected chi connectivity index (χ4v) is 3.42. The van der Waals surface area contributed by atoms with Gasteiger partial charge in [-0.2, -0.15) is 0 Å². The quantitative estimate of drug-likeness (QED) is 0.912. The molecule has 1 amide bonds. The zero-order valence-corrected chi connectivity index (χ0v) is 14.2. The molecule has 0 aliphatic heterocycles. The monoisotopic (exact) mass is 332 g/mol. The zero-order chi connectivity index (χ0) is 17.0. The summed E-state index contributed by atoms with van der Waals surface area (Å²) in [5, 5.41) is 0. The first-order valence-corrected chi connectivity index (χ1v) is 8.65. The highest BCUT2D eigenvalue weighted by atomic mass is 32.2. The normalized spacial score (nSPS) is 11.3. The minimum atomic E-state index is -3.69. The Morgan fingerprint density at radius 2 is 1.74 bits per heavy atom. The highest BCUT2D eigenvalue weighted by molar-refractivity contribution is 7.89. The maximum absolute atomic E-state index is 12.5. The van der Waals surface area contributed by atoms with Gasteiger partial charge in [0, 0.05) is 26.2 Å². The van der Waals surface area contributed by atoms with Crippen molar-refractivity contribution < 1.29 is 13.2 Å². The molecule has 0 saturated carbocycles. The molecule has 0 fully saturated rings. The van der Waals surface area contributed by atoms with Crippen LogP contribution in [0.3, 0.4) is 0 Å². The summed E-state index contributed by atoms with van der Waals surface area (Å²) in [6, 6.07) is 14.0. The van der Waals surface area contributed by atoms with Crippen molar-refractivity contribution in [2.75, 3.05) is 14.1 Å². The van der Waals surface area contributed by atoms with Crippen LogP contribution in [0.2, 0.25) is 0 Å². The van der Waals surface area contributed by atoms with E-state index in [1.54, 1.807) is 33.2 Å². The van der Waals surface area contributed by atoms with Crippen molar-refractivity contribution in [2.45, 2.75) is 18.4 Å². The molecule has 0 bridgehead atoms. The number of benzene rings is 2. The van der Waals surface area contributed by atoms with E-state index in [1.807, 2.05) is 30.3 Å². The van der Waals surface area contributed by atoms with Crippen LogP contribution in [0.5, 0.6) is 0 Å². The van der Waals surface area contributed by atoms with Crippen LogP contribution in [-0.2, 0) is 16.6 Å². The van der Waals surface area contributed by atoms with Gasteiger partial charge in [0.15, 0.2) is 0 Å². The van der Waals surface area contributed by atoms with Crippen LogP contribution < -0.4 is 4.72 Å². The average molecular weight is 332 g/mol. The van der Waals surface area contributed by atoms with E-state index in [-0.39, 0.29) is 17.3 Å². The number of aryl methyl sites for hydroxylation is 1. The predicted molar refractivity (Wildman–Crippen MR) is 89.7 cm³/mol. The minimum Gasteiger partial charge on any atom is -0.345 e. The molecule has 6 heteroatoms. The molecule has 0 heterocycles. The summed E-state index contributed by atoms with van der Waals surface area (Å²) < 4.78 is 27.6. The van der Waals surface area contributed by atoms with Gasteiger partial charge in [-0.05, 0) is 30.2 Å². The smallest absolute Gasteiger partial charge is 0.253 e. The largest absolute Gasteiger partial charge is 0.345 e. The van der Waals surface area contributed by atoms with Crippen molar-refractivity contribution in [3.63, 3.8) is 0 Å². The number of nitrogens with zero attached hydrogens (tertiary/aromatic N) is 1. The SMILES string of the molecule is Cc1ccc(C(=O)N(C)C)cc1S(=O)(=O)NCc1ccccc1. The molecule has 2 rings (SSSR count). The fourth-order valence-electron chi connectivity index (χ4n) is 2.13. The van der Waals surface area contributed by atoms with Crippen LogP contribution in [0.4, 0.5) is 0 Å². The molecular formula is C17H20N2O3S. The van der Waals surface area contributed by atoms with Gasteiger partial charge in [-0.25, -0.2) is 13.1 Å². The van der Waals surface area contributed by atoms with Gasteiger partial charge in [-0.15, -0.1) is 0 Å². The predicted octanol–water partition coefficient (Wildman–Crippen LogP) is 2.18. The van der Waals surface area contributed by atoms with E-state index in [1.165, 1.54) is 11.0 Å². The maximum atomic E-state index is 12.5. The lowest BCUT2D eigenvalue weighted by Gasteiger charge is -2.14. The third-order valence-electron chi connectivity index (χ3n) is 3.44. The van der Waals surface area contributed by atoms with Crippen LogP contribution >= 0.6 is 0 Å². The van der Waals surface area contributed by atoms with Gasteiger partial charge in [-0.3, -0.25) is 4.79 Å². The van der Waals surface area contributed by atoms with Crippen molar-refractivity contribution in [3.8, 4) is 0 Å². The highest BCUT2D eigenvalue weighted by Gasteiger charge is 2.19. The molecule has 0 unspecified atom stereocenters. The van der Waals surface area contributed by atoms with Gasteiger partial charge in [0.05, 0.1) is 4.90 Å². The van der Waals surface area contributed by atoms with Crippen molar-refractivity contribution in [2.24, 2.45) is 0 Å². The van der Waals surface area contributed by atoms with Gasteiger partial charge >= 0.3 is 0 Å². The molecule has 0 aliphatic carbocycles. The van der Waals surface area contributed by atoms with Gasteiger partial charge in [0.1, 0.15) is 0 Å². The van der Waals surface area contributed by atoms with E-state index in [0.29, 0.717) is 11.1 Å². The molecule has 0 saturated heterocycles. The molecular weight excluding hydrogens is 312 g/mol. The minimum absolute atomic E-state index is 0.126. The van der Waals surface area contributed by atoms with Crippen LogP contribution in [0.15, 0.2) is 53.4 Å². The van der Waals surface area contributed by atoms with Gasteiger partial charge in [-0.1, -0.05) is 36.4 Å². The number of sulfonamides is 1. The number of nitrogens with one attached hydrogen (secondary N) is 1. The third-order valence-corrected chi connectivity index (χ3v) is 4.98. The second-order valence-electron chi connectivity index (χ2n) is 5.49. The summed E-state index contributed by atoms with van der Waals surface area (Å²) in [5.74, 6) is -0.232. The van der Waals surface area contributed by atoms with E-state index in [4.69, 9.17) is 0 Å². The van der Waals surface area contributed by atoms with E-state index in [2.05, 4.69) is 4.72 Å². The molecule has 23 heavy (non-hydrogen) atoms. The molecule has 2 aromatic carbocycles. The van der Waals surface area contributed by atoms with Crippen molar-refractivity contribution in [3.05, 3.63) is 65.2 Å². The summed E-state index contributed by atoms with van der Waals surface area (Å²) in [4.78, 5) is 13.6. The summed E-state index contributed by atoms with van der Waals surface area (Å²) in [5.41, 5.74) is 1.82. The third kappa shape index (κ3) is 4.18. The summed E-state index contributed by atoms with van der Waals surface area (Å²) in [7, 11) is -0.434. The van der Waals surface area contributed by atoms with Crippen LogP contribution in [0.1, 0.15) is 21.5 Å². The first-order chi connectivity index (χ1) is 10.8. The number of rotatable bonds is 5. The second kappa shape index (κ2) is 6.93. The average Bonchev–Trinajstić information content (AvgIpc) is 2.53. The lowest BCUT2D eigenvalue weighted by molar-refractivity contribution is 0.0827. The van der Waals surface area contributed by atoms with Crippen molar-refractivity contribution >= 4 is 15.9 Å². The van der Waals surface area contributed by atoms with E-state index >= 15 is 0 Å². The Labute approximate surface area is 137 Å². The Balaban J connectivity index is 2.28. The molecule has 0 radical (unpaired) electrons. The lowest BCUT2D eigenvalue weighted by Crippen LogP contribution is -2.25. The van der Waals surface area contributed by atoms with Gasteiger partial charge in [0.25, 0.3) is 5.91 Å². The first-order valence-electron chi connectivity index (χ1n) is 7.17. The molecule has 0 aliphatic rings. The molecule has 2 aromatic rings. The number of carbonyl (C=O) groups is 1. The van der Waals surface area contributed by atoms with Crippen LogP contribution in [0.25, 0.3) is 0 Å². The topological polar surface area (TPSA) is 66.5 Å². The second-order valence-corrected chi connectivity index (χ2v) is 7.23. The van der Waals surface area contributed by atoms with Crippen LogP contribution in [0, 0.1) is 6.92 Å². The summed E-state index contributed by atoms with van der Waals surface area (Å²) in [6.07, 6.45) is 0. The Kier molecular flexibility index (Phi) is 5.18. The highest BCUT2D eigenvalue weighted by Crippen LogP contribution is 2.18. The van der Waals surface area contributed by atoms with Crippen molar-refractivity contribution in [1.29, 1.82) is 0 Å². The van der Waals surface area contributed by atoms with E-state index in [0.717, 1.165) is 5.56 Å². The summed E-state index contributed by atoms with van der Waals surface area (Å²) >= 11 is 0. The molecule has 122 valence electrons. The molecule has 0 aromatic heterocycles. The van der Waals surface area contributed by atoms with Gasteiger partial charge < -0.3 is 4.90 Å². The van der Waals surface area contributed by atoms with Crippen LogP contribution in [-0.4, -0.2) is 33.3 Å². The number of carbonyl (C=O) groups excluding carboxylic acids is 1.